The summed E-state index contributed by atoms with van der Waals surface area (Å²) in [7, 11) is 1.42. The number of benzene rings is 2. The number of ketones is 1. The predicted molar refractivity (Wildman–Crippen MR) is 134 cm³/mol. The summed E-state index contributed by atoms with van der Waals surface area (Å²) in [5.41, 5.74) is 1.21. The molecule has 4 rings (SSSR count). The lowest BCUT2D eigenvalue weighted by atomic mass is 9.95. The van der Waals surface area contributed by atoms with Gasteiger partial charge >= 0.3 is 5.97 Å². The summed E-state index contributed by atoms with van der Waals surface area (Å²) in [6, 6.07) is 13.1. The maximum absolute atomic E-state index is 13.3. The van der Waals surface area contributed by atoms with Gasteiger partial charge in [-0.2, -0.15) is 0 Å². The number of carbonyl (C=O) groups excluding carboxylic acids is 3. The maximum atomic E-state index is 13.3. The number of rotatable bonds is 7. The number of anilines is 1. The number of aromatic nitrogens is 1. The highest BCUT2D eigenvalue weighted by atomic mass is 35.5. The standard InChI is InChI=1S/C27H23ClN2O6/c1-3-13-36-27(34)16-6-9-19(10-7-16)30-23(17-5-4-12-29-15-17)22(25(32)26(30)33)24(31)20-14-18(28)8-11-21(20)35-2/h4-12,14-15,23,31H,3,13H2,1-2H3/b24-22+. The molecule has 0 aliphatic carbocycles. The molecule has 1 amide bonds. The monoisotopic (exact) mass is 506 g/mol. The lowest BCUT2D eigenvalue weighted by Crippen LogP contribution is -2.29. The SMILES string of the molecule is CCCOC(=O)c1ccc(N2C(=O)C(=O)/C(=C(/O)c3cc(Cl)ccc3OC)C2c2cccnc2)cc1. The van der Waals surface area contributed by atoms with Crippen LogP contribution in [0.1, 0.15) is 40.9 Å². The average molecular weight is 507 g/mol. The number of carbonyl (C=O) groups is 3. The van der Waals surface area contributed by atoms with Gasteiger partial charge in [0.1, 0.15) is 11.5 Å². The van der Waals surface area contributed by atoms with Crippen LogP contribution in [-0.4, -0.2) is 41.5 Å². The number of halogens is 1. The minimum absolute atomic E-state index is 0.139. The van der Waals surface area contributed by atoms with Crippen molar-refractivity contribution >= 4 is 40.7 Å². The fourth-order valence-electron chi connectivity index (χ4n) is 4.00. The molecule has 0 bridgehead atoms. The zero-order valence-corrected chi connectivity index (χ0v) is 20.4. The first-order valence-corrected chi connectivity index (χ1v) is 11.6. The first-order chi connectivity index (χ1) is 17.4. The Morgan fingerprint density at radius 2 is 1.89 bits per heavy atom. The van der Waals surface area contributed by atoms with Crippen molar-refractivity contribution in [3.8, 4) is 5.75 Å². The molecule has 1 fully saturated rings. The molecule has 1 unspecified atom stereocenters. The van der Waals surface area contributed by atoms with Gasteiger partial charge in [-0.3, -0.25) is 19.5 Å². The van der Waals surface area contributed by atoms with E-state index >= 15 is 0 Å². The Hall–Kier alpha value is -4.17. The Labute approximate surface area is 212 Å². The molecule has 1 N–H and O–H groups in total. The van der Waals surface area contributed by atoms with E-state index in [2.05, 4.69) is 4.98 Å². The highest BCUT2D eigenvalue weighted by Gasteiger charge is 2.47. The van der Waals surface area contributed by atoms with Crippen LogP contribution in [0.3, 0.4) is 0 Å². The van der Waals surface area contributed by atoms with Crippen molar-refractivity contribution in [2.75, 3.05) is 18.6 Å². The number of nitrogens with zero attached hydrogens (tertiary/aromatic N) is 2. The van der Waals surface area contributed by atoms with Gasteiger partial charge in [-0.25, -0.2) is 4.79 Å². The lowest BCUT2D eigenvalue weighted by molar-refractivity contribution is -0.132. The summed E-state index contributed by atoms with van der Waals surface area (Å²) in [6.45, 7) is 2.19. The molecule has 2 heterocycles. The maximum Gasteiger partial charge on any atom is 0.338 e. The molecule has 1 aromatic heterocycles. The second kappa shape index (κ2) is 10.6. The van der Waals surface area contributed by atoms with Gasteiger partial charge in [0.25, 0.3) is 11.7 Å². The fourth-order valence-corrected chi connectivity index (χ4v) is 4.17. The molecule has 36 heavy (non-hydrogen) atoms. The first kappa shape index (κ1) is 24.9. The highest BCUT2D eigenvalue weighted by Crippen LogP contribution is 2.43. The third kappa shape index (κ3) is 4.67. The van der Waals surface area contributed by atoms with Crippen molar-refractivity contribution in [2.24, 2.45) is 0 Å². The van der Waals surface area contributed by atoms with Gasteiger partial charge in [-0.15, -0.1) is 0 Å². The first-order valence-electron chi connectivity index (χ1n) is 11.2. The zero-order valence-electron chi connectivity index (χ0n) is 19.6. The molecular weight excluding hydrogens is 484 g/mol. The minimum atomic E-state index is -0.986. The number of esters is 1. The van der Waals surface area contributed by atoms with Crippen molar-refractivity contribution in [1.82, 2.24) is 4.98 Å². The van der Waals surface area contributed by atoms with Crippen LogP contribution in [0.4, 0.5) is 5.69 Å². The topological polar surface area (TPSA) is 106 Å². The number of amides is 1. The van der Waals surface area contributed by atoms with Gasteiger partial charge in [-0.1, -0.05) is 24.6 Å². The lowest BCUT2D eigenvalue weighted by Gasteiger charge is -2.25. The fraction of sp³-hybridized carbons (Fsp3) is 0.185. The third-order valence-corrected chi connectivity index (χ3v) is 5.91. The number of hydrogen-bond donors (Lipinski definition) is 1. The molecule has 3 aromatic rings. The summed E-state index contributed by atoms with van der Waals surface area (Å²) in [6.07, 6.45) is 3.77. The van der Waals surface area contributed by atoms with E-state index < -0.39 is 29.5 Å². The average Bonchev–Trinajstić information content (AvgIpc) is 3.17. The molecule has 1 aliphatic rings. The largest absolute Gasteiger partial charge is 0.507 e. The van der Waals surface area contributed by atoms with Crippen molar-refractivity contribution in [3.05, 3.63) is 94.3 Å². The number of pyridine rings is 1. The van der Waals surface area contributed by atoms with Gasteiger partial charge in [0.2, 0.25) is 0 Å². The molecule has 8 nitrogen and oxygen atoms in total. The molecule has 0 saturated carbocycles. The van der Waals surface area contributed by atoms with Gasteiger partial charge in [0.15, 0.2) is 0 Å². The number of ether oxygens (including phenoxy) is 2. The van der Waals surface area contributed by atoms with Crippen molar-refractivity contribution in [2.45, 2.75) is 19.4 Å². The number of Topliss-reactive ketones (excluding diaryl/α,β-unsaturated/α-hetero) is 1. The summed E-state index contributed by atoms with van der Waals surface area (Å²) in [5.74, 6) is -2.35. The zero-order chi connectivity index (χ0) is 25.8. The molecule has 1 atom stereocenters. The smallest absolute Gasteiger partial charge is 0.338 e. The van der Waals surface area contributed by atoms with Gasteiger partial charge in [-0.05, 0) is 60.5 Å². The Kier molecular flexibility index (Phi) is 7.36. The summed E-state index contributed by atoms with van der Waals surface area (Å²) >= 11 is 6.14. The van der Waals surface area contributed by atoms with E-state index in [0.29, 0.717) is 34.9 Å². The summed E-state index contributed by atoms with van der Waals surface area (Å²) in [5, 5.41) is 11.6. The Bertz CT molecular complexity index is 1340. The van der Waals surface area contributed by atoms with Crippen LogP contribution in [0.25, 0.3) is 5.76 Å². The van der Waals surface area contributed by atoms with E-state index in [1.807, 2.05) is 6.92 Å². The normalized spacial score (nSPS) is 16.8. The summed E-state index contributed by atoms with van der Waals surface area (Å²) in [4.78, 5) is 44.2. The number of aliphatic hydroxyl groups is 1. The van der Waals surface area contributed by atoms with Crippen LogP contribution < -0.4 is 9.64 Å². The quantitative estimate of drug-likeness (QED) is 0.209. The molecule has 1 aliphatic heterocycles. The van der Waals surface area contributed by atoms with E-state index in [1.165, 1.54) is 36.4 Å². The van der Waals surface area contributed by atoms with E-state index in [4.69, 9.17) is 21.1 Å². The van der Waals surface area contributed by atoms with E-state index in [0.717, 1.165) is 0 Å². The van der Waals surface area contributed by atoms with Crippen molar-refractivity contribution < 1.29 is 29.0 Å². The summed E-state index contributed by atoms with van der Waals surface area (Å²) < 4.78 is 10.5. The molecular formula is C27H23ClN2O6. The number of hydrogen-bond acceptors (Lipinski definition) is 7. The van der Waals surface area contributed by atoms with E-state index in [1.54, 1.807) is 42.6 Å². The number of aliphatic hydroxyl groups excluding tert-OH is 1. The van der Waals surface area contributed by atoms with E-state index in [9.17, 15) is 19.5 Å². The molecule has 0 radical (unpaired) electrons. The van der Waals surface area contributed by atoms with Gasteiger partial charge in [0.05, 0.1) is 36.5 Å². The highest BCUT2D eigenvalue weighted by molar-refractivity contribution is 6.51. The van der Waals surface area contributed by atoms with Crippen LogP contribution in [-0.2, 0) is 14.3 Å². The van der Waals surface area contributed by atoms with Crippen molar-refractivity contribution in [1.29, 1.82) is 0 Å². The van der Waals surface area contributed by atoms with Gasteiger partial charge in [0, 0.05) is 23.1 Å². The second-order valence-corrected chi connectivity index (χ2v) is 8.42. The molecule has 0 spiro atoms. The minimum Gasteiger partial charge on any atom is -0.507 e. The Morgan fingerprint density at radius 3 is 2.53 bits per heavy atom. The van der Waals surface area contributed by atoms with Crippen molar-refractivity contribution in [3.63, 3.8) is 0 Å². The molecule has 184 valence electrons. The Balaban J connectivity index is 1.85. The molecule has 2 aromatic carbocycles. The third-order valence-electron chi connectivity index (χ3n) is 5.68. The van der Waals surface area contributed by atoms with Crippen LogP contribution in [0, 0.1) is 0 Å². The predicted octanol–water partition coefficient (Wildman–Crippen LogP) is 4.94. The molecule has 9 heteroatoms. The van der Waals surface area contributed by atoms with Crippen LogP contribution in [0.5, 0.6) is 5.75 Å². The van der Waals surface area contributed by atoms with Crippen LogP contribution in [0.2, 0.25) is 5.02 Å². The molecule has 1 saturated heterocycles. The van der Waals surface area contributed by atoms with E-state index in [-0.39, 0.29) is 16.9 Å². The van der Waals surface area contributed by atoms with Gasteiger partial charge < -0.3 is 14.6 Å². The van der Waals surface area contributed by atoms with Crippen LogP contribution in [0.15, 0.2) is 72.6 Å². The van der Waals surface area contributed by atoms with Crippen LogP contribution >= 0.6 is 11.6 Å². The Morgan fingerprint density at radius 1 is 1.14 bits per heavy atom. The number of methoxy groups -OCH3 is 1. The second-order valence-electron chi connectivity index (χ2n) is 7.98.